The van der Waals surface area contributed by atoms with Crippen LogP contribution in [-0.4, -0.2) is 12.1 Å². The van der Waals surface area contributed by atoms with Gasteiger partial charge >= 0.3 is 0 Å². The second-order valence-corrected chi connectivity index (χ2v) is 4.85. The smallest absolute Gasteiger partial charge is 0.244 e. The van der Waals surface area contributed by atoms with Crippen molar-refractivity contribution < 1.29 is 9.21 Å². The second kappa shape index (κ2) is 6.19. The van der Waals surface area contributed by atoms with Gasteiger partial charge in [0.15, 0.2) is 0 Å². The number of hydrogen-bond acceptors (Lipinski definition) is 3. The molecule has 0 saturated heterocycles. The summed E-state index contributed by atoms with van der Waals surface area (Å²) in [5.74, 6) is 1.29. The standard InChI is InChI=1S/C16H18N2O2/c1-11-4-6-14(12(2)8-11)9-16(19)18-17-10-15-7-5-13(3)20-15/h4-8,10H,9H2,1-3H3,(H,18,19)/b17-10+. The molecule has 0 unspecified atom stereocenters. The van der Waals surface area contributed by atoms with Crippen LogP contribution in [0.1, 0.15) is 28.2 Å². The molecule has 0 bridgehead atoms. The molecular weight excluding hydrogens is 252 g/mol. The minimum atomic E-state index is -0.142. The van der Waals surface area contributed by atoms with Crippen LogP contribution in [0.2, 0.25) is 0 Å². The molecule has 0 atom stereocenters. The van der Waals surface area contributed by atoms with E-state index in [1.807, 2.05) is 39.0 Å². The third-order valence-corrected chi connectivity index (χ3v) is 2.99. The Morgan fingerprint density at radius 2 is 2.05 bits per heavy atom. The summed E-state index contributed by atoms with van der Waals surface area (Å²) >= 11 is 0. The van der Waals surface area contributed by atoms with Crippen molar-refractivity contribution in [3.8, 4) is 0 Å². The molecule has 1 aromatic carbocycles. The van der Waals surface area contributed by atoms with Crippen molar-refractivity contribution in [2.75, 3.05) is 0 Å². The normalized spacial score (nSPS) is 10.9. The molecule has 0 radical (unpaired) electrons. The first-order valence-corrected chi connectivity index (χ1v) is 6.49. The number of furan rings is 1. The zero-order valence-corrected chi connectivity index (χ0v) is 11.9. The highest BCUT2D eigenvalue weighted by molar-refractivity contribution is 5.81. The van der Waals surface area contributed by atoms with E-state index in [0.29, 0.717) is 12.2 Å². The lowest BCUT2D eigenvalue weighted by atomic mass is 10.0. The zero-order chi connectivity index (χ0) is 14.5. The van der Waals surface area contributed by atoms with Gasteiger partial charge in [-0.3, -0.25) is 4.79 Å². The maximum atomic E-state index is 11.8. The van der Waals surface area contributed by atoms with E-state index in [2.05, 4.69) is 16.6 Å². The molecule has 0 fully saturated rings. The van der Waals surface area contributed by atoms with Crippen LogP contribution in [0, 0.1) is 20.8 Å². The van der Waals surface area contributed by atoms with Crippen LogP contribution in [0.15, 0.2) is 39.9 Å². The highest BCUT2D eigenvalue weighted by Crippen LogP contribution is 2.11. The van der Waals surface area contributed by atoms with Crippen LogP contribution in [-0.2, 0) is 11.2 Å². The molecule has 2 aromatic rings. The number of amides is 1. The molecule has 1 N–H and O–H groups in total. The predicted molar refractivity (Wildman–Crippen MR) is 78.8 cm³/mol. The highest BCUT2D eigenvalue weighted by Gasteiger charge is 2.05. The number of nitrogens with one attached hydrogen (secondary N) is 1. The summed E-state index contributed by atoms with van der Waals surface area (Å²) in [5.41, 5.74) is 5.82. The minimum absolute atomic E-state index is 0.142. The van der Waals surface area contributed by atoms with Crippen molar-refractivity contribution in [1.82, 2.24) is 5.43 Å². The van der Waals surface area contributed by atoms with Gasteiger partial charge in [-0.05, 0) is 44.0 Å². The zero-order valence-electron chi connectivity index (χ0n) is 11.9. The van der Waals surface area contributed by atoms with Crippen LogP contribution in [0.5, 0.6) is 0 Å². The molecule has 2 rings (SSSR count). The second-order valence-electron chi connectivity index (χ2n) is 4.85. The molecule has 20 heavy (non-hydrogen) atoms. The van der Waals surface area contributed by atoms with Crippen LogP contribution < -0.4 is 5.43 Å². The van der Waals surface area contributed by atoms with Gasteiger partial charge in [-0.15, -0.1) is 0 Å². The van der Waals surface area contributed by atoms with Gasteiger partial charge in [-0.25, -0.2) is 5.43 Å². The van der Waals surface area contributed by atoms with Crippen LogP contribution in [0.25, 0.3) is 0 Å². The summed E-state index contributed by atoms with van der Waals surface area (Å²) in [6.45, 7) is 5.90. The van der Waals surface area contributed by atoms with E-state index in [0.717, 1.165) is 16.9 Å². The number of aryl methyl sites for hydroxylation is 3. The quantitative estimate of drug-likeness (QED) is 0.686. The summed E-state index contributed by atoms with van der Waals surface area (Å²) in [6.07, 6.45) is 1.81. The lowest BCUT2D eigenvalue weighted by molar-refractivity contribution is -0.120. The molecule has 4 heteroatoms. The third-order valence-electron chi connectivity index (χ3n) is 2.99. The molecule has 0 aliphatic heterocycles. The molecular formula is C16H18N2O2. The largest absolute Gasteiger partial charge is 0.460 e. The Labute approximate surface area is 118 Å². The van der Waals surface area contributed by atoms with Crippen LogP contribution >= 0.6 is 0 Å². The molecule has 0 aliphatic rings. The molecule has 1 aromatic heterocycles. The lowest BCUT2D eigenvalue weighted by Gasteiger charge is -2.05. The molecule has 4 nitrogen and oxygen atoms in total. The predicted octanol–water partition coefficient (Wildman–Crippen LogP) is 2.90. The van der Waals surface area contributed by atoms with Gasteiger partial charge in [0.2, 0.25) is 5.91 Å². The maximum absolute atomic E-state index is 11.8. The summed E-state index contributed by atoms with van der Waals surface area (Å²) in [5, 5.41) is 3.88. The van der Waals surface area contributed by atoms with Gasteiger partial charge in [0.1, 0.15) is 11.5 Å². The SMILES string of the molecule is Cc1ccc(CC(=O)N/N=C/c2ccc(C)o2)c(C)c1. The molecule has 0 spiro atoms. The lowest BCUT2D eigenvalue weighted by Crippen LogP contribution is -2.20. The Morgan fingerprint density at radius 1 is 1.25 bits per heavy atom. The Kier molecular flexibility index (Phi) is 4.35. The summed E-state index contributed by atoms with van der Waals surface area (Å²) < 4.78 is 5.32. The number of carbonyl (C=O) groups excluding carboxylic acids is 1. The van der Waals surface area contributed by atoms with E-state index < -0.39 is 0 Å². The fourth-order valence-corrected chi connectivity index (χ4v) is 1.95. The van der Waals surface area contributed by atoms with Gasteiger partial charge < -0.3 is 4.42 Å². The van der Waals surface area contributed by atoms with E-state index in [9.17, 15) is 4.79 Å². The van der Waals surface area contributed by atoms with Gasteiger partial charge in [-0.2, -0.15) is 5.10 Å². The van der Waals surface area contributed by atoms with Gasteiger partial charge in [0.25, 0.3) is 0 Å². The van der Waals surface area contributed by atoms with Crippen molar-refractivity contribution in [3.63, 3.8) is 0 Å². The van der Waals surface area contributed by atoms with Gasteiger partial charge in [-0.1, -0.05) is 23.8 Å². The van der Waals surface area contributed by atoms with Crippen molar-refractivity contribution in [2.45, 2.75) is 27.2 Å². The summed E-state index contributed by atoms with van der Waals surface area (Å²) in [4.78, 5) is 11.8. The third kappa shape index (κ3) is 3.82. The molecule has 0 saturated carbocycles. The first-order chi connectivity index (χ1) is 9.54. The molecule has 1 heterocycles. The molecule has 1 amide bonds. The Balaban J connectivity index is 1.91. The number of benzene rings is 1. The van der Waals surface area contributed by atoms with E-state index in [-0.39, 0.29) is 5.91 Å². The minimum Gasteiger partial charge on any atom is -0.460 e. The van der Waals surface area contributed by atoms with Crippen molar-refractivity contribution in [3.05, 3.63) is 58.5 Å². The highest BCUT2D eigenvalue weighted by atomic mass is 16.3. The van der Waals surface area contributed by atoms with Crippen LogP contribution in [0.3, 0.4) is 0 Å². The van der Waals surface area contributed by atoms with Crippen molar-refractivity contribution >= 4 is 12.1 Å². The first-order valence-electron chi connectivity index (χ1n) is 6.49. The van der Waals surface area contributed by atoms with E-state index in [1.54, 1.807) is 6.07 Å². The number of carbonyl (C=O) groups is 1. The van der Waals surface area contributed by atoms with E-state index in [1.165, 1.54) is 11.8 Å². The van der Waals surface area contributed by atoms with Crippen molar-refractivity contribution in [1.29, 1.82) is 0 Å². The number of rotatable bonds is 4. The monoisotopic (exact) mass is 270 g/mol. The average molecular weight is 270 g/mol. The maximum Gasteiger partial charge on any atom is 0.244 e. The Morgan fingerprint density at radius 3 is 2.70 bits per heavy atom. The Bertz CT molecular complexity index is 642. The van der Waals surface area contributed by atoms with Gasteiger partial charge in [0.05, 0.1) is 12.6 Å². The average Bonchev–Trinajstić information content (AvgIpc) is 2.79. The summed E-state index contributed by atoms with van der Waals surface area (Å²) in [7, 11) is 0. The number of hydrazone groups is 1. The first kappa shape index (κ1) is 14.1. The van der Waals surface area contributed by atoms with Gasteiger partial charge in [0, 0.05) is 0 Å². The topological polar surface area (TPSA) is 54.6 Å². The summed E-state index contributed by atoms with van der Waals surface area (Å²) in [6, 6.07) is 9.69. The molecule has 0 aliphatic carbocycles. The van der Waals surface area contributed by atoms with Crippen molar-refractivity contribution in [2.24, 2.45) is 5.10 Å². The van der Waals surface area contributed by atoms with Crippen LogP contribution in [0.4, 0.5) is 0 Å². The fourth-order valence-electron chi connectivity index (χ4n) is 1.95. The Hall–Kier alpha value is -2.36. The van der Waals surface area contributed by atoms with E-state index >= 15 is 0 Å². The number of nitrogens with zero attached hydrogens (tertiary/aromatic N) is 1. The molecule has 104 valence electrons. The fraction of sp³-hybridized carbons (Fsp3) is 0.250. The number of hydrogen-bond donors (Lipinski definition) is 1. The van der Waals surface area contributed by atoms with E-state index in [4.69, 9.17) is 4.42 Å².